The Morgan fingerprint density at radius 2 is 1.66 bits per heavy atom. The van der Waals surface area contributed by atoms with Crippen LogP contribution in [0.25, 0.3) is 0 Å². The molecule has 2 saturated heterocycles. The van der Waals surface area contributed by atoms with Crippen molar-refractivity contribution in [2.24, 2.45) is 0 Å². The largest absolute Gasteiger partial charge is 0.342 e. The molecule has 0 bridgehead atoms. The molecular weight excluding hydrogens is 404 g/mol. The number of thiazole rings is 1. The van der Waals surface area contributed by atoms with E-state index in [0.717, 1.165) is 80.8 Å². The first kappa shape index (κ1) is 20.8. The van der Waals surface area contributed by atoms with Crippen LogP contribution in [0.1, 0.15) is 35.5 Å². The number of nitrogens with zero attached hydrogens (tertiary/aromatic N) is 4. The van der Waals surface area contributed by atoms with Crippen molar-refractivity contribution < 1.29 is 4.79 Å². The van der Waals surface area contributed by atoms with Gasteiger partial charge in [-0.05, 0) is 37.0 Å². The summed E-state index contributed by atoms with van der Waals surface area (Å²) in [5.41, 5.74) is 2.39. The molecule has 1 aromatic heterocycles. The lowest BCUT2D eigenvalue weighted by Gasteiger charge is -2.35. The quantitative estimate of drug-likeness (QED) is 0.700. The van der Waals surface area contributed by atoms with Crippen molar-refractivity contribution in [3.63, 3.8) is 0 Å². The van der Waals surface area contributed by atoms with E-state index < -0.39 is 0 Å². The number of benzene rings is 1. The third-order valence-electron chi connectivity index (χ3n) is 5.79. The van der Waals surface area contributed by atoms with Crippen molar-refractivity contribution in [2.45, 2.75) is 32.2 Å². The van der Waals surface area contributed by atoms with Crippen LogP contribution in [0.5, 0.6) is 0 Å². The lowest BCUT2D eigenvalue weighted by molar-refractivity contribution is -0.133. The van der Waals surface area contributed by atoms with Crippen molar-refractivity contribution in [2.75, 3.05) is 45.8 Å². The number of hydrogen-bond acceptors (Lipinski definition) is 5. The van der Waals surface area contributed by atoms with Gasteiger partial charge in [-0.15, -0.1) is 11.3 Å². The molecule has 4 rings (SSSR count). The Balaban J connectivity index is 1.21. The van der Waals surface area contributed by atoms with E-state index in [9.17, 15) is 4.79 Å². The summed E-state index contributed by atoms with van der Waals surface area (Å²) < 4.78 is 0. The van der Waals surface area contributed by atoms with Gasteiger partial charge in [-0.25, -0.2) is 4.98 Å². The Hall–Kier alpha value is -1.47. The highest BCUT2D eigenvalue weighted by atomic mass is 35.5. The minimum absolute atomic E-state index is 0.310. The maximum atomic E-state index is 12.5. The van der Waals surface area contributed by atoms with Crippen LogP contribution in [-0.2, 0) is 17.8 Å². The highest BCUT2D eigenvalue weighted by molar-refractivity contribution is 7.09. The van der Waals surface area contributed by atoms with Gasteiger partial charge in [-0.2, -0.15) is 0 Å². The number of hydrogen-bond donors (Lipinski definition) is 0. The Kier molecular flexibility index (Phi) is 7.19. The molecule has 5 nitrogen and oxygen atoms in total. The minimum atomic E-state index is 0.310. The van der Waals surface area contributed by atoms with Gasteiger partial charge in [-0.1, -0.05) is 23.7 Å². The zero-order valence-corrected chi connectivity index (χ0v) is 18.4. The van der Waals surface area contributed by atoms with Crippen molar-refractivity contribution in [3.8, 4) is 0 Å². The average molecular weight is 433 g/mol. The molecular formula is C22H29ClN4OS. The van der Waals surface area contributed by atoms with Crippen LogP contribution in [0.4, 0.5) is 0 Å². The highest BCUT2D eigenvalue weighted by Crippen LogP contribution is 2.18. The van der Waals surface area contributed by atoms with Gasteiger partial charge in [0, 0.05) is 62.6 Å². The van der Waals surface area contributed by atoms with Gasteiger partial charge in [0.2, 0.25) is 5.91 Å². The summed E-state index contributed by atoms with van der Waals surface area (Å²) in [6.07, 6.45) is 4.44. The molecule has 2 aliphatic rings. The van der Waals surface area contributed by atoms with Crippen LogP contribution in [0.2, 0.25) is 5.02 Å². The second-order valence-electron chi connectivity index (χ2n) is 8.03. The third kappa shape index (κ3) is 6.01. The van der Waals surface area contributed by atoms with E-state index >= 15 is 0 Å². The maximum Gasteiger partial charge on any atom is 0.236 e. The number of carbonyl (C=O) groups excluding carboxylic acids is 1. The van der Waals surface area contributed by atoms with E-state index in [0.29, 0.717) is 12.5 Å². The van der Waals surface area contributed by atoms with Crippen molar-refractivity contribution in [1.29, 1.82) is 0 Å². The number of piperazine rings is 1. The predicted molar refractivity (Wildman–Crippen MR) is 119 cm³/mol. The van der Waals surface area contributed by atoms with E-state index in [1.165, 1.54) is 12.0 Å². The molecule has 2 aliphatic heterocycles. The first-order valence-electron chi connectivity index (χ1n) is 10.6. The predicted octanol–water partition coefficient (Wildman–Crippen LogP) is 3.52. The Morgan fingerprint density at radius 3 is 2.38 bits per heavy atom. The van der Waals surface area contributed by atoms with E-state index in [-0.39, 0.29) is 0 Å². The fourth-order valence-electron chi connectivity index (χ4n) is 4.05. The van der Waals surface area contributed by atoms with Gasteiger partial charge in [0.15, 0.2) is 0 Å². The minimum Gasteiger partial charge on any atom is -0.342 e. The van der Waals surface area contributed by atoms with Crippen molar-refractivity contribution >= 4 is 28.8 Å². The number of rotatable bonds is 6. The average Bonchev–Trinajstić information content (AvgIpc) is 3.18. The normalized spacial score (nSPS) is 18.9. The molecule has 0 unspecified atom stereocenters. The SMILES string of the molecule is O=C(CN1CCN(Cc2csc(Cc3ccc(Cl)cc3)n2)CC1)N1CCCCC1. The Morgan fingerprint density at radius 1 is 0.966 bits per heavy atom. The second kappa shape index (κ2) is 10.0. The molecule has 0 saturated carbocycles. The van der Waals surface area contributed by atoms with Gasteiger partial charge in [0.1, 0.15) is 0 Å². The van der Waals surface area contributed by atoms with Crippen LogP contribution < -0.4 is 0 Å². The number of piperidine rings is 1. The monoisotopic (exact) mass is 432 g/mol. The van der Waals surface area contributed by atoms with Crippen molar-refractivity contribution in [1.82, 2.24) is 19.7 Å². The van der Waals surface area contributed by atoms with Crippen LogP contribution in [0, 0.1) is 0 Å². The molecule has 0 aliphatic carbocycles. The van der Waals surface area contributed by atoms with E-state index in [1.54, 1.807) is 11.3 Å². The third-order valence-corrected chi connectivity index (χ3v) is 6.94. The zero-order valence-electron chi connectivity index (χ0n) is 16.9. The molecule has 2 fully saturated rings. The standard InChI is InChI=1S/C22H29ClN4OS/c23-19-6-4-18(5-7-19)14-21-24-20(17-29-21)15-25-10-12-26(13-11-25)16-22(28)27-8-2-1-3-9-27/h4-7,17H,1-3,8-16H2. The molecule has 7 heteroatoms. The number of aromatic nitrogens is 1. The smallest absolute Gasteiger partial charge is 0.236 e. The van der Waals surface area contributed by atoms with Gasteiger partial charge in [-0.3, -0.25) is 14.6 Å². The van der Waals surface area contributed by atoms with Crippen LogP contribution >= 0.6 is 22.9 Å². The molecule has 1 aromatic carbocycles. The maximum absolute atomic E-state index is 12.5. The van der Waals surface area contributed by atoms with Crippen molar-refractivity contribution in [3.05, 3.63) is 50.9 Å². The molecule has 0 atom stereocenters. The molecule has 0 N–H and O–H groups in total. The zero-order chi connectivity index (χ0) is 20.1. The fraction of sp³-hybridized carbons (Fsp3) is 0.545. The van der Waals surface area contributed by atoms with E-state index in [1.807, 2.05) is 17.0 Å². The molecule has 3 heterocycles. The van der Waals surface area contributed by atoms with Crippen LogP contribution in [0.15, 0.2) is 29.6 Å². The summed E-state index contributed by atoms with van der Waals surface area (Å²) in [4.78, 5) is 24.1. The molecule has 1 amide bonds. The highest BCUT2D eigenvalue weighted by Gasteiger charge is 2.23. The summed E-state index contributed by atoms with van der Waals surface area (Å²) in [5.74, 6) is 0.310. The fourth-order valence-corrected chi connectivity index (χ4v) is 4.99. The topological polar surface area (TPSA) is 39.7 Å². The number of likely N-dealkylation sites (tertiary alicyclic amines) is 1. The summed E-state index contributed by atoms with van der Waals surface area (Å²) in [6, 6.07) is 7.99. The van der Waals surface area contributed by atoms with Crippen LogP contribution in [-0.4, -0.2) is 71.4 Å². The second-order valence-corrected chi connectivity index (χ2v) is 9.41. The van der Waals surface area contributed by atoms with E-state index in [4.69, 9.17) is 16.6 Å². The number of amides is 1. The summed E-state index contributed by atoms with van der Waals surface area (Å²) in [6.45, 7) is 7.28. The van der Waals surface area contributed by atoms with Gasteiger partial charge in [0.05, 0.1) is 17.2 Å². The lowest BCUT2D eigenvalue weighted by atomic mass is 10.1. The first-order chi connectivity index (χ1) is 14.2. The summed E-state index contributed by atoms with van der Waals surface area (Å²) in [7, 11) is 0. The summed E-state index contributed by atoms with van der Waals surface area (Å²) in [5, 5.41) is 4.09. The van der Waals surface area contributed by atoms with Crippen LogP contribution in [0.3, 0.4) is 0 Å². The van der Waals surface area contributed by atoms with Gasteiger partial charge < -0.3 is 4.90 Å². The Bertz CT molecular complexity index is 795. The molecule has 156 valence electrons. The van der Waals surface area contributed by atoms with Gasteiger partial charge >= 0.3 is 0 Å². The van der Waals surface area contributed by atoms with Gasteiger partial charge in [0.25, 0.3) is 0 Å². The van der Waals surface area contributed by atoms with E-state index in [2.05, 4.69) is 27.3 Å². The Labute approximate surface area is 182 Å². The number of carbonyl (C=O) groups is 1. The first-order valence-corrected chi connectivity index (χ1v) is 11.8. The molecule has 2 aromatic rings. The molecule has 0 radical (unpaired) electrons. The molecule has 0 spiro atoms. The number of halogens is 1. The summed E-state index contributed by atoms with van der Waals surface area (Å²) >= 11 is 7.69. The molecule has 29 heavy (non-hydrogen) atoms. The lowest BCUT2D eigenvalue weighted by Crippen LogP contribution is -2.50.